The number of halogens is 2. The largest absolute Gasteiger partial charge is 0.313 e. The van der Waals surface area contributed by atoms with Crippen molar-refractivity contribution in [2.75, 3.05) is 13.1 Å². The second-order valence-electron chi connectivity index (χ2n) is 5.74. The molecule has 0 spiro atoms. The highest BCUT2D eigenvalue weighted by atomic mass is 35.5. The molecule has 1 aromatic carbocycles. The molecule has 112 valence electrons. The second-order valence-corrected chi connectivity index (χ2v) is 6.59. The lowest BCUT2D eigenvalue weighted by atomic mass is 10.1. The molecule has 1 aliphatic rings. The zero-order chi connectivity index (χ0) is 14.5. The fraction of sp³-hybridized carbons (Fsp3) is 0.625. The summed E-state index contributed by atoms with van der Waals surface area (Å²) in [6.07, 6.45) is 3.63. The fourth-order valence-electron chi connectivity index (χ4n) is 2.85. The molecular weight excluding hydrogens is 291 g/mol. The predicted octanol–water partition coefficient (Wildman–Crippen LogP) is 4.35. The lowest BCUT2D eigenvalue weighted by Crippen LogP contribution is -2.39. The van der Waals surface area contributed by atoms with Gasteiger partial charge in [0.2, 0.25) is 0 Å². The summed E-state index contributed by atoms with van der Waals surface area (Å²) in [4.78, 5) is 2.53. The van der Waals surface area contributed by atoms with E-state index in [2.05, 4.69) is 24.1 Å². The van der Waals surface area contributed by atoms with Gasteiger partial charge in [-0.1, -0.05) is 36.5 Å². The van der Waals surface area contributed by atoms with E-state index in [1.54, 1.807) is 0 Å². The van der Waals surface area contributed by atoms with Gasteiger partial charge in [0.25, 0.3) is 0 Å². The number of nitrogens with one attached hydrogen (secondary N) is 1. The lowest BCUT2D eigenvalue weighted by molar-refractivity contribution is 0.193. The van der Waals surface area contributed by atoms with Gasteiger partial charge in [-0.2, -0.15) is 0 Å². The van der Waals surface area contributed by atoms with Crippen LogP contribution in [0.25, 0.3) is 0 Å². The Balaban J connectivity index is 2.09. The summed E-state index contributed by atoms with van der Waals surface area (Å²) in [6, 6.07) is 6.89. The van der Waals surface area contributed by atoms with Crippen molar-refractivity contribution in [3.63, 3.8) is 0 Å². The molecule has 0 aliphatic carbocycles. The highest BCUT2D eigenvalue weighted by Gasteiger charge is 2.23. The standard InChI is InChI=1S/C16H24Cl2N2/c1-3-4-15-11-20(12(2)7-8-19-15)10-13-9-14(17)5-6-16(13)18/h5-6,9,12,15,19H,3-4,7-8,10-11H2,1-2H3. The monoisotopic (exact) mass is 314 g/mol. The minimum atomic E-state index is 0.569. The van der Waals surface area contributed by atoms with Crippen molar-refractivity contribution in [1.29, 1.82) is 0 Å². The third kappa shape index (κ3) is 4.36. The Morgan fingerprint density at radius 3 is 2.90 bits per heavy atom. The molecule has 0 saturated carbocycles. The molecule has 1 saturated heterocycles. The molecule has 2 rings (SSSR count). The van der Waals surface area contributed by atoms with E-state index in [4.69, 9.17) is 23.2 Å². The van der Waals surface area contributed by atoms with Crippen molar-refractivity contribution in [2.45, 2.75) is 51.7 Å². The Hall–Kier alpha value is -0.280. The first kappa shape index (κ1) is 16.1. The van der Waals surface area contributed by atoms with Crippen LogP contribution in [0.3, 0.4) is 0 Å². The maximum absolute atomic E-state index is 6.30. The van der Waals surface area contributed by atoms with Crippen molar-refractivity contribution < 1.29 is 0 Å². The average molecular weight is 315 g/mol. The molecule has 0 bridgehead atoms. The minimum Gasteiger partial charge on any atom is -0.313 e. The SMILES string of the molecule is CCCC1CN(Cc2cc(Cl)ccc2Cl)C(C)CCN1. The van der Waals surface area contributed by atoms with Gasteiger partial charge in [-0.15, -0.1) is 0 Å². The Labute approximate surface area is 132 Å². The number of hydrogen-bond donors (Lipinski definition) is 1. The molecule has 1 fully saturated rings. The zero-order valence-electron chi connectivity index (χ0n) is 12.3. The first-order valence-corrected chi connectivity index (χ1v) is 8.27. The number of rotatable bonds is 4. The molecular formula is C16H24Cl2N2. The highest BCUT2D eigenvalue weighted by molar-refractivity contribution is 6.33. The Morgan fingerprint density at radius 1 is 1.35 bits per heavy atom. The van der Waals surface area contributed by atoms with Gasteiger partial charge in [-0.25, -0.2) is 0 Å². The molecule has 2 atom stereocenters. The molecule has 2 unspecified atom stereocenters. The van der Waals surface area contributed by atoms with Gasteiger partial charge in [-0.05, 0) is 50.1 Å². The van der Waals surface area contributed by atoms with Crippen LogP contribution in [-0.2, 0) is 6.54 Å². The van der Waals surface area contributed by atoms with E-state index in [-0.39, 0.29) is 0 Å². The fourth-order valence-corrected chi connectivity index (χ4v) is 3.22. The first-order chi connectivity index (χ1) is 9.60. The molecule has 1 aliphatic heterocycles. The molecule has 2 nitrogen and oxygen atoms in total. The molecule has 1 N–H and O–H groups in total. The van der Waals surface area contributed by atoms with Crippen LogP contribution in [0.5, 0.6) is 0 Å². The van der Waals surface area contributed by atoms with Crippen molar-refractivity contribution in [2.24, 2.45) is 0 Å². The van der Waals surface area contributed by atoms with E-state index in [1.165, 1.54) is 19.3 Å². The highest BCUT2D eigenvalue weighted by Crippen LogP contribution is 2.24. The van der Waals surface area contributed by atoms with Gasteiger partial charge < -0.3 is 5.32 Å². The Morgan fingerprint density at radius 2 is 2.15 bits per heavy atom. The number of nitrogens with zero attached hydrogens (tertiary/aromatic N) is 1. The van der Waals surface area contributed by atoms with Crippen molar-refractivity contribution in [1.82, 2.24) is 10.2 Å². The van der Waals surface area contributed by atoms with Gasteiger partial charge in [0.1, 0.15) is 0 Å². The van der Waals surface area contributed by atoms with Crippen LogP contribution in [-0.4, -0.2) is 30.1 Å². The molecule has 0 aromatic heterocycles. The molecule has 4 heteroatoms. The van der Waals surface area contributed by atoms with Crippen molar-refractivity contribution in [3.05, 3.63) is 33.8 Å². The maximum Gasteiger partial charge on any atom is 0.0452 e. The number of hydrogen-bond acceptors (Lipinski definition) is 2. The van der Waals surface area contributed by atoms with Crippen LogP contribution in [0.15, 0.2) is 18.2 Å². The van der Waals surface area contributed by atoms with E-state index >= 15 is 0 Å². The summed E-state index contributed by atoms with van der Waals surface area (Å²) in [5.41, 5.74) is 1.13. The van der Waals surface area contributed by atoms with Crippen molar-refractivity contribution >= 4 is 23.2 Å². The molecule has 0 amide bonds. The average Bonchev–Trinajstić information content (AvgIpc) is 2.57. The maximum atomic E-state index is 6.30. The smallest absolute Gasteiger partial charge is 0.0452 e. The molecule has 1 heterocycles. The van der Waals surface area contributed by atoms with Gasteiger partial charge in [0.05, 0.1) is 0 Å². The summed E-state index contributed by atoms with van der Waals surface area (Å²) in [5, 5.41) is 5.22. The second kappa shape index (κ2) is 7.65. The topological polar surface area (TPSA) is 15.3 Å². The number of benzene rings is 1. The molecule has 0 radical (unpaired) electrons. The van der Waals surface area contributed by atoms with Crippen LogP contribution in [0.4, 0.5) is 0 Å². The minimum absolute atomic E-state index is 0.569. The first-order valence-electron chi connectivity index (χ1n) is 7.51. The normalized spacial score (nSPS) is 24.6. The van der Waals surface area contributed by atoms with E-state index in [0.29, 0.717) is 12.1 Å². The van der Waals surface area contributed by atoms with Crippen LogP contribution >= 0.6 is 23.2 Å². The summed E-state index contributed by atoms with van der Waals surface area (Å²) in [6.45, 7) is 7.61. The zero-order valence-corrected chi connectivity index (χ0v) is 13.8. The third-order valence-electron chi connectivity index (χ3n) is 4.09. The van der Waals surface area contributed by atoms with Crippen LogP contribution < -0.4 is 5.32 Å². The summed E-state index contributed by atoms with van der Waals surface area (Å²) < 4.78 is 0. The van der Waals surface area contributed by atoms with Gasteiger partial charge in [0, 0.05) is 35.2 Å². The van der Waals surface area contributed by atoms with Crippen LogP contribution in [0.2, 0.25) is 10.0 Å². The Kier molecular flexibility index (Phi) is 6.16. The molecule has 20 heavy (non-hydrogen) atoms. The van der Waals surface area contributed by atoms with E-state index in [9.17, 15) is 0 Å². The van der Waals surface area contributed by atoms with Crippen LogP contribution in [0, 0.1) is 0 Å². The van der Waals surface area contributed by atoms with Crippen molar-refractivity contribution in [3.8, 4) is 0 Å². The van der Waals surface area contributed by atoms with Gasteiger partial charge >= 0.3 is 0 Å². The lowest BCUT2D eigenvalue weighted by Gasteiger charge is -2.29. The van der Waals surface area contributed by atoms with E-state index < -0.39 is 0 Å². The summed E-state index contributed by atoms with van der Waals surface area (Å²) in [5.74, 6) is 0. The quantitative estimate of drug-likeness (QED) is 0.889. The Bertz CT molecular complexity index is 436. The predicted molar refractivity (Wildman–Crippen MR) is 87.6 cm³/mol. The third-order valence-corrected chi connectivity index (χ3v) is 4.70. The summed E-state index contributed by atoms with van der Waals surface area (Å²) in [7, 11) is 0. The molecule has 1 aromatic rings. The van der Waals surface area contributed by atoms with Crippen LogP contribution in [0.1, 0.15) is 38.7 Å². The van der Waals surface area contributed by atoms with Gasteiger partial charge in [0.15, 0.2) is 0 Å². The van der Waals surface area contributed by atoms with E-state index in [1.807, 2.05) is 18.2 Å². The van der Waals surface area contributed by atoms with Gasteiger partial charge in [-0.3, -0.25) is 4.90 Å². The van der Waals surface area contributed by atoms with E-state index in [0.717, 1.165) is 35.2 Å². The summed E-state index contributed by atoms with van der Waals surface area (Å²) >= 11 is 12.4.